The van der Waals surface area contributed by atoms with Crippen molar-refractivity contribution in [2.24, 2.45) is 0 Å². The van der Waals surface area contributed by atoms with Gasteiger partial charge in [-0.3, -0.25) is 4.90 Å². The molecule has 18 heavy (non-hydrogen) atoms. The first kappa shape index (κ1) is 12.4. The molecule has 2 nitrogen and oxygen atoms in total. The van der Waals surface area contributed by atoms with Crippen LogP contribution >= 0.6 is 11.3 Å². The molecule has 98 valence electrons. The van der Waals surface area contributed by atoms with Gasteiger partial charge in [0.15, 0.2) is 0 Å². The van der Waals surface area contributed by atoms with E-state index in [1.54, 1.807) is 0 Å². The zero-order valence-electron chi connectivity index (χ0n) is 10.7. The highest BCUT2D eigenvalue weighted by molar-refractivity contribution is 7.10. The maximum Gasteiger partial charge on any atom is 0.0558 e. The molecule has 2 heterocycles. The van der Waals surface area contributed by atoms with Crippen LogP contribution in [-0.4, -0.2) is 29.2 Å². The standard InChI is InChI=1S/C15H21NOS/c17-13-6-8-15(9-7-13,14-5-4-12-18-14)16-10-2-1-3-11-16/h1-2,4-5,12-13,17H,3,6-11H2. The Balaban J connectivity index is 1.90. The summed E-state index contributed by atoms with van der Waals surface area (Å²) < 4.78 is 0. The summed E-state index contributed by atoms with van der Waals surface area (Å²) in [5, 5.41) is 12.0. The van der Waals surface area contributed by atoms with Crippen LogP contribution in [0.5, 0.6) is 0 Å². The van der Waals surface area contributed by atoms with Gasteiger partial charge in [-0.2, -0.15) is 0 Å². The highest BCUT2D eigenvalue weighted by Gasteiger charge is 2.41. The molecular formula is C15H21NOS. The van der Waals surface area contributed by atoms with Crippen LogP contribution in [0.3, 0.4) is 0 Å². The lowest BCUT2D eigenvalue weighted by Crippen LogP contribution is -2.50. The van der Waals surface area contributed by atoms with Crippen molar-refractivity contribution in [2.75, 3.05) is 13.1 Å². The fraction of sp³-hybridized carbons (Fsp3) is 0.600. The molecular weight excluding hydrogens is 242 g/mol. The summed E-state index contributed by atoms with van der Waals surface area (Å²) in [7, 11) is 0. The van der Waals surface area contributed by atoms with E-state index in [1.807, 2.05) is 11.3 Å². The van der Waals surface area contributed by atoms with Crippen molar-refractivity contribution in [1.29, 1.82) is 0 Å². The van der Waals surface area contributed by atoms with Crippen LogP contribution in [0.4, 0.5) is 0 Å². The zero-order valence-corrected chi connectivity index (χ0v) is 11.5. The molecule has 0 saturated heterocycles. The van der Waals surface area contributed by atoms with Gasteiger partial charge in [-0.1, -0.05) is 18.2 Å². The van der Waals surface area contributed by atoms with Gasteiger partial charge in [0.1, 0.15) is 0 Å². The molecule has 0 unspecified atom stereocenters. The molecule has 3 heteroatoms. The minimum atomic E-state index is -0.0848. The van der Waals surface area contributed by atoms with E-state index in [9.17, 15) is 5.11 Å². The summed E-state index contributed by atoms with van der Waals surface area (Å²) in [5.74, 6) is 0. The Morgan fingerprint density at radius 2 is 2.11 bits per heavy atom. The first-order valence-corrected chi connectivity index (χ1v) is 7.81. The zero-order chi connectivity index (χ0) is 12.4. The second-order valence-corrected chi connectivity index (χ2v) is 6.39. The van der Waals surface area contributed by atoms with Gasteiger partial charge in [0, 0.05) is 18.0 Å². The molecule has 1 fully saturated rings. The van der Waals surface area contributed by atoms with Gasteiger partial charge in [0.05, 0.1) is 11.6 Å². The molecule has 0 aromatic carbocycles. The Morgan fingerprint density at radius 3 is 2.72 bits per heavy atom. The molecule has 0 spiro atoms. The Morgan fingerprint density at radius 1 is 1.28 bits per heavy atom. The largest absolute Gasteiger partial charge is 0.393 e. The van der Waals surface area contributed by atoms with E-state index in [-0.39, 0.29) is 11.6 Å². The molecule has 3 rings (SSSR count). The highest BCUT2D eigenvalue weighted by Crippen LogP contribution is 2.44. The van der Waals surface area contributed by atoms with E-state index in [0.717, 1.165) is 45.2 Å². The first-order valence-electron chi connectivity index (χ1n) is 6.93. The number of hydrogen-bond acceptors (Lipinski definition) is 3. The lowest BCUT2D eigenvalue weighted by atomic mass is 9.77. The van der Waals surface area contributed by atoms with Gasteiger partial charge in [-0.05, 0) is 43.6 Å². The summed E-state index contributed by atoms with van der Waals surface area (Å²) in [4.78, 5) is 4.12. The normalized spacial score (nSPS) is 33.7. The molecule has 1 aliphatic heterocycles. The van der Waals surface area contributed by atoms with Crippen LogP contribution in [0.1, 0.15) is 37.0 Å². The first-order chi connectivity index (χ1) is 8.81. The molecule has 1 N–H and O–H groups in total. The quantitative estimate of drug-likeness (QED) is 0.829. The third-order valence-electron chi connectivity index (χ3n) is 4.43. The molecule has 1 saturated carbocycles. The van der Waals surface area contributed by atoms with Crippen molar-refractivity contribution in [3.63, 3.8) is 0 Å². The number of aliphatic hydroxyl groups is 1. The van der Waals surface area contributed by atoms with Gasteiger partial charge in [0.2, 0.25) is 0 Å². The van der Waals surface area contributed by atoms with E-state index in [2.05, 4.69) is 34.6 Å². The molecule has 0 amide bonds. The molecule has 0 bridgehead atoms. The number of nitrogens with zero attached hydrogens (tertiary/aromatic N) is 1. The highest BCUT2D eigenvalue weighted by atomic mass is 32.1. The SMILES string of the molecule is OC1CCC(c2cccs2)(N2CC=CCC2)CC1. The van der Waals surface area contributed by atoms with Gasteiger partial charge < -0.3 is 5.11 Å². The smallest absolute Gasteiger partial charge is 0.0558 e. The van der Waals surface area contributed by atoms with E-state index in [1.165, 1.54) is 4.88 Å². The average molecular weight is 263 g/mol. The summed E-state index contributed by atoms with van der Waals surface area (Å²) in [5.41, 5.74) is 0.193. The van der Waals surface area contributed by atoms with Crippen molar-refractivity contribution in [1.82, 2.24) is 4.90 Å². The third kappa shape index (κ3) is 2.15. The predicted molar refractivity (Wildman–Crippen MR) is 75.8 cm³/mol. The van der Waals surface area contributed by atoms with Gasteiger partial charge in [-0.15, -0.1) is 11.3 Å². The fourth-order valence-electron chi connectivity index (χ4n) is 3.37. The Hall–Kier alpha value is -0.640. The monoisotopic (exact) mass is 263 g/mol. The number of hydrogen-bond donors (Lipinski definition) is 1. The average Bonchev–Trinajstić information content (AvgIpc) is 2.95. The van der Waals surface area contributed by atoms with Crippen LogP contribution in [0.15, 0.2) is 29.7 Å². The molecule has 0 radical (unpaired) electrons. The topological polar surface area (TPSA) is 23.5 Å². The summed E-state index contributed by atoms with van der Waals surface area (Å²) in [6, 6.07) is 4.44. The van der Waals surface area contributed by atoms with Crippen molar-refractivity contribution in [2.45, 2.75) is 43.7 Å². The Kier molecular flexibility index (Phi) is 3.55. The molecule has 1 aromatic rings. The maximum absolute atomic E-state index is 9.81. The molecule has 1 aliphatic carbocycles. The van der Waals surface area contributed by atoms with E-state index in [0.29, 0.717) is 0 Å². The Bertz CT molecular complexity index is 404. The summed E-state index contributed by atoms with van der Waals surface area (Å²) in [6.07, 6.45) is 9.75. The fourth-order valence-corrected chi connectivity index (χ4v) is 4.39. The molecule has 1 aromatic heterocycles. The number of rotatable bonds is 2. The van der Waals surface area contributed by atoms with Crippen molar-refractivity contribution < 1.29 is 5.11 Å². The maximum atomic E-state index is 9.81. The molecule has 2 aliphatic rings. The summed E-state index contributed by atoms with van der Waals surface area (Å²) in [6.45, 7) is 2.22. The van der Waals surface area contributed by atoms with Gasteiger partial charge >= 0.3 is 0 Å². The van der Waals surface area contributed by atoms with E-state index in [4.69, 9.17) is 0 Å². The van der Waals surface area contributed by atoms with Crippen molar-refractivity contribution in [3.8, 4) is 0 Å². The van der Waals surface area contributed by atoms with E-state index >= 15 is 0 Å². The predicted octanol–water partition coefficient (Wildman–Crippen LogP) is 3.14. The van der Waals surface area contributed by atoms with Crippen molar-refractivity contribution >= 4 is 11.3 Å². The minimum absolute atomic E-state index is 0.0848. The number of thiophene rings is 1. The minimum Gasteiger partial charge on any atom is -0.393 e. The van der Waals surface area contributed by atoms with Crippen LogP contribution < -0.4 is 0 Å². The number of aliphatic hydroxyl groups excluding tert-OH is 1. The van der Waals surface area contributed by atoms with Crippen LogP contribution in [0.2, 0.25) is 0 Å². The van der Waals surface area contributed by atoms with Crippen LogP contribution in [0.25, 0.3) is 0 Å². The van der Waals surface area contributed by atoms with Crippen molar-refractivity contribution in [3.05, 3.63) is 34.5 Å². The molecule has 0 atom stereocenters. The second kappa shape index (κ2) is 5.16. The lowest BCUT2D eigenvalue weighted by molar-refractivity contribution is 0.0100. The third-order valence-corrected chi connectivity index (χ3v) is 5.49. The van der Waals surface area contributed by atoms with Gasteiger partial charge in [-0.25, -0.2) is 0 Å². The Labute approximate surface area is 113 Å². The lowest BCUT2D eigenvalue weighted by Gasteiger charge is -2.47. The van der Waals surface area contributed by atoms with Crippen LogP contribution in [0, 0.1) is 0 Å². The van der Waals surface area contributed by atoms with Gasteiger partial charge in [0.25, 0.3) is 0 Å². The van der Waals surface area contributed by atoms with Crippen LogP contribution in [-0.2, 0) is 5.54 Å². The summed E-state index contributed by atoms with van der Waals surface area (Å²) >= 11 is 1.88. The second-order valence-electron chi connectivity index (χ2n) is 5.45. The van der Waals surface area contributed by atoms with E-state index < -0.39 is 0 Å².